The Morgan fingerprint density at radius 2 is 1.66 bits per heavy atom. The molecule has 0 saturated heterocycles. The lowest BCUT2D eigenvalue weighted by atomic mass is 10.1. The van der Waals surface area contributed by atoms with Crippen LogP contribution in [-0.2, 0) is 27.2 Å². The first-order valence-corrected chi connectivity index (χ1v) is 13.1. The molecule has 0 unspecified atom stereocenters. The van der Waals surface area contributed by atoms with Crippen molar-refractivity contribution in [2.45, 2.75) is 39.0 Å². The number of nitrogens with zero attached hydrogens (tertiary/aromatic N) is 1. The predicted octanol–water partition coefficient (Wildman–Crippen LogP) is 4.50. The fourth-order valence-electron chi connectivity index (χ4n) is 3.99. The maximum Gasteiger partial charge on any atom is 0.343 e. The average Bonchev–Trinajstić information content (AvgIpc) is 3.10. The van der Waals surface area contributed by atoms with Gasteiger partial charge in [0.15, 0.2) is 0 Å². The van der Waals surface area contributed by atoms with Crippen LogP contribution in [0.25, 0.3) is 0 Å². The molecule has 1 heterocycles. The van der Waals surface area contributed by atoms with Crippen molar-refractivity contribution in [3.63, 3.8) is 0 Å². The van der Waals surface area contributed by atoms with Crippen LogP contribution in [0.15, 0.2) is 59.7 Å². The van der Waals surface area contributed by atoms with Gasteiger partial charge in [0.25, 0.3) is 0 Å². The van der Waals surface area contributed by atoms with Crippen LogP contribution in [0.1, 0.15) is 62.9 Å². The third-order valence-corrected chi connectivity index (χ3v) is 7.02. The minimum atomic E-state index is -0.979. The van der Waals surface area contributed by atoms with E-state index in [0.29, 0.717) is 27.4 Å². The number of aryl methyl sites for hydroxylation is 1. The first-order valence-electron chi connectivity index (χ1n) is 12.3. The number of fused-ring (bicyclic) bond motifs is 1. The zero-order valence-corrected chi connectivity index (χ0v) is 21.6. The summed E-state index contributed by atoms with van der Waals surface area (Å²) < 4.78 is 10.5. The monoisotopic (exact) mass is 533 g/mol. The molecule has 1 aliphatic carbocycles. The number of rotatable bonds is 7. The SMILES string of the molecule is CCOC(=O)c1c(NC(=O)C(=O)N/N=C/c2ccc(OC(=O)c3ccccc3)cc2)sc2c1CCCCC2. The van der Waals surface area contributed by atoms with Crippen LogP contribution in [0, 0.1) is 0 Å². The molecule has 2 N–H and O–H groups in total. The van der Waals surface area contributed by atoms with Gasteiger partial charge in [0.1, 0.15) is 10.8 Å². The van der Waals surface area contributed by atoms with Crippen molar-refractivity contribution in [3.05, 3.63) is 81.7 Å². The fourth-order valence-corrected chi connectivity index (χ4v) is 5.26. The van der Waals surface area contributed by atoms with Gasteiger partial charge in [-0.2, -0.15) is 5.10 Å². The van der Waals surface area contributed by atoms with E-state index in [1.165, 1.54) is 17.6 Å². The maximum atomic E-state index is 12.6. The van der Waals surface area contributed by atoms with Gasteiger partial charge in [0.2, 0.25) is 0 Å². The summed E-state index contributed by atoms with van der Waals surface area (Å²) >= 11 is 1.31. The Kier molecular flexibility index (Phi) is 8.99. The summed E-state index contributed by atoms with van der Waals surface area (Å²) in [4.78, 5) is 50.7. The number of anilines is 1. The molecule has 3 aromatic rings. The summed E-state index contributed by atoms with van der Waals surface area (Å²) in [6, 6.07) is 15.1. The number of hydrogen-bond acceptors (Lipinski definition) is 8. The molecule has 196 valence electrons. The molecule has 0 radical (unpaired) electrons. The van der Waals surface area contributed by atoms with E-state index in [-0.39, 0.29) is 6.61 Å². The van der Waals surface area contributed by atoms with E-state index in [4.69, 9.17) is 9.47 Å². The normalized spacial score (nSPS) is 12.8. The van der Waals surface area contributed by atoms with E-state index in [9.17, 15) is 19.2 Å². The summed E-state index contributed by atoms with van der Waals surface area (Å²) in [5.41, 5.74) is 4.47. The number of nitrogens with one attached hydrogen (secondary N) is 2. The van der Waals surface area contributed by atoms with Crippen LogP contribution in [0.5, 0.6) is 5.75 Å². The molecular formula is C28H27N3O6S. The Labute approximate surface area is 223 Å². The van der Waals surface area contributed by atoms with Crippen LogP contribution < -0.4 is 15.5 Å². The van der Waals surface area contributed by atoms with Gasteiger partial charge in [-0.1, -0.05) is 24.6 Å². The van der Waals surface area contributed by atoms with Gasteiger partial charge < -0.3 is 14.8 Å². The molecule has 2 amide bonds. The number of hydrogen-bond donors (Lipinski definition) is 2. The molecule has 0 aliphatic heterocycles. The number of esters is 2. The van der Waals surface area contributed by atoms with Crippen molar-refractivity contribution in [2.75, 3.05) is 11.9 Å². The van der Waals surface area contributed by atoms with Crippen molar-refractivity contribution in [1.82, 2.24) is 5.43 Å². The lowest BCUT2D eigenvalue weighted by molar-refractivity contribution is -0.136. The molecule has 0 atom stereocenters. The van der Waals surface area contributed by atoms with Gasteiger partial charge in [0.05, 0.1) is 23.9 Å². The summed E-state index contributed by atoms with van der Waals surface area (Å²) in [6.45, 7) is 1.93. The second kappa shape index (κ2) is 12.8. The maximum absolute atomic E-state index is 12.6. The second-order valence-electron chi connectivity index (χ2n) is 8.47. The highest BCUT2D eigenvalue weighted by Gasteiger charge is 2.27. The topological polar surface area (TPSA) is 123 Å². The molecule has 0 saturated carbocycles. The number of benzene rings is 2. The van der Waals surface area contributed by atoms with Crippen molar-refractivity contribution < 1.29 is 28.7 Å². The van der Waals surface area contributed by atoms with E-state index in [1.54, 1.807) is 55.5 Å². The van der Waals surface area contributed by atoms with Gasteiger partial charge >= 0.3 is 23.8 Å². The van der Waals surface area contributed by atoms with Gasteiger partial charge in [0, 0.05) is 4.88 Å². The molecular weight excluding hydrogens is 506 g/mol. The molecule has 0 spiro atoms. The number of ether oxygens (including phenoxy) is 2. The van der Waals surface area contributed by atoms with E-state index < -0.39 is 23.8 Å². The lowest BCUT2D eigenvalue weighted by Gasteiger charge is -2.08. The lowest BCUT2D eigenvalue weighted by Crippen LogP contribution is -2.32. The standard InChI is InChI=1S/C28H27N3O6S/c1-2-36-28(35)23-21-11-7-4-8-12-22(21)38-26(23)30-24(32)25(33)31-29-17-18-13-15-20(16-14-18)37-27(34)19-9-5-3-6-10-19/h3,5-6,9-10,13-17H,2,4,7-8,11-12H2,1H3,(H,30,32)(H,31,33)/b29-17+. The van der Waals surface area contributed by atoms with Crippen LogP contribution in [0.3, 0.4) is 0 Å². The van der Waals surface area contributed by atoms with E-state index in [0.717, 1.165) is 42.5 Å². The highest BCUT2D eigenvalue weighted by Crippen LogP contribution is 2.38. The largest absolute Gasteiger partial charge is 0.462 e. The van der Waals surface area contributed by atoms with Crippen molar-refractivity contribution in [1.29, 1.82) is 0 Å². The molecule has 2 aromatic carbocycles. The molecule has 10 heteroatoms. The van der Waals surface area contributed by atoms with Crippen molar-refractivity contribution >= 4 is 46.3 Å². The highest BCUT2D eigenvalue weighted by atomic mass is 32.1. The fraction of sp³-hybridized carbons (Fsp3) is 0.250. The Balaban J connectivity index is 1.35. The Bertz CT molecular complexity index is 1350. The zero-order valence-electron chi connectivity index (χ0n) is 20.8. The summed E-state index contributed by atoms with van der Waals surface area (Å²) in [5, 5.41) is 6.70. The second-order valence-corrected chi connectivity index (χ2v) is 9.57. The van der Waals surface area contributed by atoms with Gasteiger partial charge in [-0.05, 0) is 80.1 Å². The van der Waals surface area contributed by atoms with Crippen LogP contribution in [0.4, 0.5) is 5.00 Å². The third-order valence-electron chi connectivity index (χ3n) is 5.81. The first-order chi connectivity index (χ1) is 18.5. The van der Waals surface area contributed by atoms with E-state index in [1.807, 2.05) is 6.07 Å². The van der Waals surface area contributed by atoms with Crippen LogP contribution in [-0.4, -0.2) is 36.6 Å². The third kappa shape index (κ3) is 6.71. The quantitative estimate of drug-likeness (QED) is 0.115. The summed E-state index contributed by atoms with van der Waals surface area (Å²) in [5.74, 6) is -2.54. The van der Waals surface area contributed by atoms with Crippen molar-refractivity contribution in [2.24, 2.45) is 5.10 Å². The minimum absolute atomic E-state index is 0.211. The number of amides is 2. The Morgan fingerprint density at radius 3 is 2.39 bits per heavy atom. The number of carbonyl (C=O) groups is 4. The number of hydrazone groups is 1. The minimum Gasteiger partial charge on any atom is -0.462 e. The average molecular weight is 534 g/mol. The summed E-state index contributed by atoms with van der Waals surface area (Å²) in [7, 11) is 0. The molecule has 4 rings (SSSR count). The predicted molar refractivity (Wildman–Crippen MR) is 144 cm³/mol. The first kappa shape index (κ1) is 26.7. The molecule has 9 nitrogen and oxygen atoms in total. The summed E-state index contributed by atoms with van der Waals surface area (Å²) in [6.07, 6.45) is 5.95. The van der Waals surface area contributed by atoms with Gasteiger partial charge in [-0.3, -0.25) is 9.59 Å². The van der Waals surface area contributed by atoms with Gasteiger partial charge in [-0.25, -0.2) is 15.0 Å². The Hall–Kier alpha value is -4.31. The number of thiophene rings is 1. The number of carbonyl (C=O) groups excluding carboxylic acids is 4. The van der Waals surface area contributed by atoms with Crippen LogP contribution in [0.2, 0.25) is 0 Å². The highest BCUT2D eigenvalue weighted by molar-refractivity contribution is 7.17. The molecule has 1 aliphatic rings. The molecule has 1 aromatic heterocycles. The molecule has 0 fully saturated rings. The smallest absolute Gasteiger partial charge is 0.343 e. The Morgan fingerprint density at radius 1 is 0.921 bits per heavy atom. The molecule has 38 heavy (non-hydrogen) atoms. The van der Waals surface area contributed by atoms with Gasteiger partial charge in [-0.15, -0.1) is 11.3 Å². The van der Waals surface area contributed by atoms with E-state index >= 15 is 0 Å². The van der Waals surface area contributed by atoms with Crippen molar-refractivity contribution in [3.8, 4) is 5.75 Å². The molecule has 0 bridgehead atoms. The van der Waals surface area contributed by atoms with Crippen LogP contribution >= 0.6 is 11.3 Å². The zero-order chi connectivity index (χ0) is 26.9. The van der Waals surface area contributed by atoms with E-state index in [2.05, 4.69) is 15.8 Å².